The van der Waals surface area contributed by atoms with E-state index in [0.29, 0.717) is 11.8 Å². The Morgan fingerprint density at radius 3 is 1.35 bits per heavy atom. The van der Waals surface area contributed by atoms with E-state index in [-0.39, 0.29) is 22.3 Å². The van der Waals surface area contributed by atoms with Gasteiger partial charge in [0.25, 0.3) is 0 Å². The normalized spacial score (nSPS) is 12.7. The molecule has 0 aromatic heterocycles. The Labute approximate surface area is 194 Å². The van der Waals surface area contributed by atoms with Crippen molar-refractivity contribution < 1.29 is 10.2 Å². The highest BCUT2D eigenvalue weighted by atomic mass is 32.2. The molecule has 0 unspecified atom stereocenters. The number of rotatable bonds is 10. The Hall–Kier alpha value is -1.61. The SMILES string of the molecule is CC(C)CCC(C)(C)c1ccc(O)c(Sc2cc(C(C)(C)CCC(C)C)ccc2O)c1. The topological polar surface area (TPSA) is 40.5 Å². The van der Waals surface area contributed by atoms with Crippen LogP contribution in [-0.2, 0) is 10.8 Å². The minimum atomic E-state index is 0.0377. The highest BCUT2D eigenvalue weighted by molar-refractivity contribution is 7.99. The Balaban J connectivity index is 2.32. The van der Waals surface area contributed by atoms with Crippen molar-refractivity contribution in [2.24, 2.45) is 11.8 Å². The number of benzene rings is 2. The second kappa shape index (κ2) is 10.3. The van der Waals surface area contributed by atoms with E-state index < -0.39 is 0 Å². The zero-order valence-electron chi connectivity index (χ0n) is 20.7. The summed E-state index contributed by atoms with van der Waals surface area (Å²) in [5.74, 6) is 1.86. The fraction of sp³-hybridized carbons (Fsp3) is 0.571. The number of hydrogen-bond acceptors (Lipinski definition) is 3. The monoisotopic (exact) mass is 442 g/mol. The summed E-state index contributed by atoms with van der Waals surface area (Å²) in [4.78, 5) is 1.59. The van der Waals surface area contributed by atoms with Crippen molar-refractivity contribution in [2.75, 3.05) is 0 Å². The van der Waals surface area contributed by atoms with Gasteiger partial charge >= 0.3 is 0 Å². The average Bonchev–Trinajstić information content (AvgIpc) is 2.68. The second-order valence-electron chi connectivity index (χ2n) is 11.1. The molecule has 2 rings (SSSR count). The summed E-state index contributed by atoms with van der Waals surface area (Å²) in [7, 11) is 0. The lowest BCUT2D eigenvalue weighted by Gasteiger charge is -2.28. The van der Waals surface area contributed by atoms with Crippen molar-refractivity contribution in [1.29, 1.82) is 0 Å². The summed E-state index contributed by atoms with van der Waals surface area (Å²) in [5.41, 5.74) is 2.52. The molecule has 0 fully saturated rings. The number of aromatic hydroxyl groups is 2. The molecule has 0 atom stereocenters. The molecular weight excluding hydrogens is 400 g/mol. The quantitative estimate of drug-likeness (QED) is 0.386. The van der Waals surface area contributed by atoms with Gasteiger partial charge in [0.15, 0.2) is 0 Å². The molecule has 0 spiro atoms. The van der Waals surface area contributed by atoms with Crippen LogP contribution < -0.4 is 0 Å². The van der Waals surface area contributed by atoms with Crippen molar-refractivity contribution in [2.45, 2.75) is 102 Å². The molecule has 0 saturated heterocycles. The maximum Gasteiger partial charge on any atom is 0.129 e. The summed E-state index contributed by atoms with van der Waals surface area (Å²) >= 11 is 1.45. The van der Waals surface area contributed by atoms with Gasteiger partial charge in [-0.2, -0.15) is 0 Å². The first-order chi connectivity index (χ1) is 14.3. The van der Waals surface area contributed by atoms with Crippen LogP contribution in [0.5, 0.6) is 11.5 Å². The number of hydrogen-bond donors (Lipinski definition) is 2. The van der Waals surface area contributed by atoms with Crippen molar-refractivity contribution >= 4 is 11.8 Å². The summed E-state index contributed by atoms with van der Waals surface area (Å²) in [5, 5.41) is 21.1. The van der Waals surface area contributed by atoms with Gasteiger partial charge in [-0.15, -0.1) is 0 Å². The molecule has 0 saturated carbocycles. The summed E-state index contributed by atoms with van der Waals surface area (Å²) in [6.45, 7) is 18.1. The lowest BCUT2D eigenvalue weighted by molar-refractivity contribution is 0.411. The third-order valence-electron chi connectivity index (χ3n) is 6.40. The maximum absolute atomic E-state index is 10.5. The van der Waals surface area contributed by atoms with Crippen molar-refractivity contribution in [1.82, 2.24) is 0 Å². The zero-order valence-corrected chi connectivity index (χ0v) is 21.6. The third-order valence-corrected chi connectivity index (χ3v) is 7.49. The highest BCUT2D eigenvalue weighted by Gasteiger charge is 2.24. The van der Waals surface area contributed by atoms with Crippen molar-refractivity contribution in [3.8, 4) is 11.5 Å². The van der Waals surface area contributed by atoms with E-state index in [1.165, 1.54) is 35.7 Å². The van der Waals surface area contributed by atoms with Gasteiger partial charge in [-0.25, -0.2) is 0 Å². The Bertz CT molecular complexity index is 794. The van der Waals surface area contributed by atoms with E-state index in [0.717, 1.165) is 22.6 Å². The molecule has 172 valence electrons. The molecule has 0 heterocycles. The van der Waals surface area contributed by atoms with Crippen LogP contribution in [0.2, 0.25) is 0 Å². The fourth-order valence-electron chi connectivity index (χ4n) is 3.74. The first kappa shape index (κ1) is 25.6. The maximum atomic E-state index is 10.5. The molecule has 0 amide bonds. The summed E-state index contributed by atoms with van der Waals surface area (Å²) in [6, 6.07) is 11.8. The van der Waals surface area contributed by atoms with Crippen LogP contribution in [0.4, 0.5) is 0 Å². The van der Waals surface area contributed by atoms with E-state index >= 15 is 0 Å². The lowest BCUT2D eigenvalue weighted by Crippen LogP contribution is -2.18. The molecule has 0 aliphatic carbocycles. The van der Waals surface area contributed by atoms with Gasteiger partial charge in [0, 0.05) is 0 Å². The van der Waals surface area contributed by atoms with E-state index in [1.54, 1.807) is 12.1 Å². The summed E-state index contributed by atoms with van der Waals surface area (Å²) < 4.78 is 0. The van der Waals surface area contributed by atoms with Gasteiger partial charge in [-0.05, 0) is 70.9 Å². The van der Waals surface area contributed by atoms with Crippen LogP contribution in [0, 0.1) is 11.8 Å². The molecule has 2 aromatic rings. The van der Waals surface area contributed by atoms with Crippen LogP contribution in [0.3, 0.4) is 0 Å². The molecule has 2 N–H and O–H groups in total. The molecule has 2 nitrogen and oxygen atoms in total. The van der Waals surface area contributed by atoms with E-state index in [9.17, 15) is 10.2 Å². The van der Waals surface area contributed by atoms with Crippen LogP contribution in [0.25, 0.3) is 0 Å². The number of phenols is 2. The van der Waals surface area contributed by atoms with Gasteiger partial charge in [0.1, 0.15) is 11.5 Å². The predicted molar refractivity (Wildman–Crippen MR) is 135 cm³/mol. The van der Waals surface area contributed by atoms with Crippen LogP contribution in [0.15, 0.2) is 46.2 Å². The standard InChI is InChI=1S/C28H42O2S/c1-19(2)13-15-27(5,6)21-9-11-23(29)25(17-21)31-26-18-22(10-12-24(26)30)28(7,8)16-14-20(3)4/h9-12,17-20,29-30H,13-16H2,1-8H3. The molecule has 2 aromatic carbocycles. The minimum Gasteiger partial charge on any atom is -0.507 e. The van der Waals surface area contributed by atoms with E-state index in [1.807, 2.05) is 12.1 Å². The van der Waals surface area contributed by atoms with Gasteiger partial charge in [0.05, 0.1) is 9.79 Å². The average molecular weight is 443 g/mol. The fourth-order valence-corrected chi connectivity index (χ4v) is 4.69. The molecule has 3 heteroatoms. The Morgan fingerprint density at radius 2 is 1.03 bits per heavy atom. The Morgan fingerprint density at radius 1 is 0.677 bits per heavy atom. The van der Waals surface area contributed by atoms with Crippen molar-refractivity contribution in [3.63, 3.8) is 0 Å². The van der Waals surface area contributed by atoms with Gasteiger partial charge in [0.2, 0.25) is 0 Å². The second-order valence-corrected chi connectivity index (χ2v) is 12.2. The van der Waals surface area contributed by atoms with Crippen molar-refractivity contribution in [3.05, 3.63) is 47.5 Å². The zero-order chi connectivity index (χ0) is 23.4. The lowest BCUT2D eigenvalue weighted by atomic mass is 9.79. The third kappa shape index (κ3) is 7.20. The largest absolute Gasteiger partial charge is 0.507 e. The Kier molecular flexibility index (Phi) is 8.55. The van der Waals surface area contributed by atoms with E-state index in [2.05, 4.69) is 67.5 Å². The van der Waals surface area contributed by atoms with Crippen LogP contribution >= 0.6 is 11.8 Å². The van der Waals surface area contributed by atoms with Gasteiger partial charge in [-0.3, -0.25) is 0 Å². The molecule has 0 aliphatic heterocycles. The predicted octanol–water partition coefficient (Wildman–Crippen LogP) is 8.68. The first-order valence-corrected chi connectivity index (χ1v) is 12.5. The molecule has 0 aliphatic rings. The number of phenolic OH excluding ortho intramolecular Hbond substituents is 2. The molecule has 31 heavy (non-hydrogen) atoms. The smallest absolute Gasteiger partial charge is 0.129 e. The summed E-state index contributed by atoms with van der Waals surface area (Å²) in [6.07, 6.45) is 4.55. The van der Waals surface area contributed by atoms with Gasteiger partial charge < -0.3 is 10.2 Å². The van der Waals surface area contributed by atoms with Crippen LogP contribution in [0.1, 0.15) is 92.2 Å². The van der Waals surface area contributed by atoms with E-state index in [4.69, 9.17) is 0 Å². The first-order valence-electron chi connectivity index (χ1n) is 11.7. The molecular formula is C28H42O2S. The molecule has 0 radical (unpaired) electrons. The van der Waals surface area contributed by atoms with Gasteiger partial charge in [-0.1, -0.05) is 92.1 Å². The minimum absolute atomic E-state index is 0.0377. The molecule has 0 bridgehead atoms. The van der Waals surface area contributed by atoms with Crippen LogP contribution in [-0.4, -0.2) is 10.2 Å². The highest BCUT2D eigenvalue weighted by Crippen LogP contribution is 2.43.